The minimum Gasteiger partial charge on any atom is -0.337 e. The molecule has 1 heterocycles. The molecular formula is C13H14ClNO2S. The number of carbonyl (C=O) groups is 2. The normalized spacial score (nSPS) is 19.3. The molecule has 0 spiro atoms. The van der Waals surface area contributed by atoms with Crippen molar-refractivity contribution in [3.8, 4) is 0 Å². The highest BCUT2D eigenvalue weighted by atomic mass is 35.5. The number of hydrogen-bond donors (Lipinski definition) is 0. The number of nitrogens with zero attached hydrogens (tertiary/aromatic N) is 1. The number of rotatable bonds is 3. The molecule has 96 valence electrons. The zero-order valence-corrected chi connectivity index (χ0v) is 11.6. The van der Waals surface area contributed by atoms with Crippen LogP contribution in [-0.2, 0) is 16.1 Å². The van der Waals surface area contributed by atoms with Gasteiger partial charge >= 0.3 is 0 Å². The Balaban J connectivity index is 2.01. The molecule has 1 aromatic rings. The fourth-order valence-corrected chi connectivity index (χ4v) is 3.18. The third kappa shape index (κ3) is 3.27. The lowest BCUT2D eigenvalue weighted by molar-refractivity contribution is -0.128. The van der Waals surface area contributed by atoms with Crippen LogP contribution in [0, 0.1) is 0 Å². The van der Waals surface area contributed by atoms with Crippen molar-refractivity contribution in [2.45, 2.75) is 25.1 Å². The highest BCUT2D eigenvalue weighted by Gasteiger charge is 2.30. The molecule has 1 amide bonds. The van der Waals surface area contributed by atoms with E-state index in [2.05, 4.69) is 0 Å². The van der Waals surface area contributed by atoms with Gasteiger partial charge in [0.2, 0.25) is 5.91 Å². The van der Waals surface area contributed by atoms with Gasteiger partial charge in [-0.15, -0.1) is 0 Å². The predicted octanol–water partition coefficient (Wildman–Crippen LogP) is 2.72. The van der Waals surface area contributed by atoms with Crippen LogP contribution in [0.5, 0.6) is 0 Å². The first-order valence-corrected chi connectivity index (χ1v) is 7.00. The molecule has 5 heteroatoms. The van der Waals surface area contributed by atoms with Gasteiger partial charge in [-0.25, -0.2) is 0 Å². The molecule has 1 saturated heterocycles. The predicted molar refractivity (Wildman–Crippen MR) is 73.5 cm³/mol. The van der Waals surface area contributed by atoms with Crippen LogP contribution in [0.3, 0.4) is 0 Å². The van der Waals surface area contributed by atoms with E-state index in [4.69, 9.17) is 11.6 Å². The molecule has 1 unspecified atom stereocenters. The average Bonchev–Trinajstić information content (AvgIpc) is 2.61. The van der Waals surface area contributed by atoms with Crippen molar-refractivity contribution in [2.75, 3.05) is 6.54 Å². The van der Waals surface area contributed by atoms with Crippen LogP contribution in [0.2, 0.25) is 5.02 Å². The number of carbonyl (C=O) groups excluding carboxylic acids is 2. The van der Waals surface area contributed by atoms with Crippen LogP contribution in [0.4, 0.5) is 0 Å². The number of amides is 1. The van der Waals surface area contributed by atoms with E-state index < -0.39 is 0 Å². The van der Waals surface area contributed by atoms with E-state index in [0.29, 0.717) is 24.5 Å². The Morgan fingerprint density at radius 1 is 1.50 bits per heavy atom. The zero-order chi connectivity index (χ0) is 13.1. The van der Waals surface area contributed by atoms with Gasteiger partial charge in [-0.3, -0.25) is 9.59 Å². The Morgan fingerprint density at radius 3 is 2.89 bits per heavy atom. The van der Waals surface area contributed by atoms with Gasteiger partial charge in [-0.2, -0.15) is 0 Å². The van der Waals surface area contributed by atoms with Gasteiger partial charge in [0.1, 0.15) is 0 Å². The monoisotopic (exact) mass is 283 g/mol. The molecule has 18 heavy (non-hydrogen) atoms. The van der Waals surface area contributed by atoms with Gasteiger partial charge in [-0.05, 0) is 11.6 Å². The molecule has 0 aliphatic carbocycles. The Labute approximate surface area is 115 Å². The van der Waals surface area contributed by atoms with E-state index in [1.807, 2.05) is 24.3 Å². The van der Waals surface area contributed by atoms with Gasteiger partial charge < -0.3 is 4.90 Å². The highest BCUT2D eigenvalue weighted by molar-refractivity contribution is 8.14. The maximum Gasteiger partial charge on any atom is 0.224 e. The molecule has 0 saturated carbocycles. The first kappa shape index (κ1) is 13.4. The van der Waals surface area contributed by atoms with E-state index in [1.165, 1.54) is 18.7 Å². The molecule has 1 aliphatic rings. The van der Waals surface area contributed by atoms with E-state index >= 15 is 0 Å². The molecule has 3 nitrogen and oxygen atoms in total. The van der Waals surface area contributed by atoms with Crippen molar-refractivity contribution in [3.05, 3.63) is 34.9 Å². The van der Waals surface area contributed by atoms with Crippen molar-refractivity contribution in [1.29, 1.82) is 0 Å². The van der Waals surface area contributed by atoms with Crippen LogP contribution in [0.15, 0.2) is 24.3 Å². The molecule has 1 aromatic carbocycles. The lowest BCUT2D eigenvalue weighted by atomic mass is 10.2. The molecule has 0 bridgehead atoms. The summed E-state index contributed by atoms with van der Waals surface area (Å²) in [7, 11) is 0. The standard InChI is InChI=1S/C13H14ClNO2S/c1-9(16)18-11-6-13(17)15(8-11)7-10-4-2-3-5-12(10)14/h2-5,11H,6-8H2,1H3. The fraction of sp³-hybridized carbons (Fsp3) is 0.385. The number of likely N-dealkylation sites (tertiary alicyclic amines) is 1. The Kier molecular flexibility index (Phi) is 4.30. The summed E-state index contributed by atoms with van der Waals surface area (Å²) in [5, 5.41) is 0.817. The summed E-state index contributed by atoms with van der Waals surface area (Å²) in [6, 6.07) is 7.51. The third-order valence-electron chi connectivity index (χ3n) is 2.83. The van der Waals surface area contributed by atoms with Crippen molar-refractivity contribution in [1.82, 2.24) is 4.90 Å². The van der Waals surface area contributed by atoms with Gasteiger partial charge in [0.25, 0.3) is 0 Å². The van der Waals surface area contributed by atoms with Gasteiger partial charge in [-0.1, -0.05) is 41.6 Å². The minimum absolute atomic E-state index is 0.0624. The molecule has 0 aromatic heterocycles. The SMILES string of the molecule is CC(=O)SC1CC(=O)N(Cc2ccccc2Cl)C1. The van der Waals surface area contributed by atoms with E-state index in [1.54, 1.807) is 4.90 Å². The van der Waals surface area contributed by atoms with Crippen molar-refractivity contribution < 1.29 is 9.59 Å². The smallest absolute Gasteiger partial charge is 0.224 e. The number of halogens is 1. The molecule has 2 rings (SSSR count). The highest BCUT2D eigenvalue weighted by Crippen LogP contribution is 2.26. The van der Waals surface area contributed by atoms with Gasteiger partial charge in [0.05, 0.1) is 0 Å². The van der Waals surface area contributed by atoms with Crippen molar-refractivity contribution in [2.24, 2.45) is 0 Å². The summed E-state index contributed by atoms with van der Waals surface area (Å²) >= 11 is 7.32. The summed E-state index contributed by atoms with van der Waals surface area (Å²) in [6.07, 6.45) is 0.439. The second-order valence-electron chi connectivity index (χ2n) is 4.30. The van der Waals surface area contributed by atoms with Gasteiger partial charge in [0.15, 0.2) is 5.12 Å². The summed E-state index contributed by atoms with van der Waals surface area (Å²) in [5.41, 5.74) is 0.945. The maximum atomic E-state index is 11.8. The fourth-order valence-electron chi connectivity index (χ4n) is 2.03. The minimum atomic E-state index is 0.0624. The van der Waals surface area contributed by atoms with Gasteiger partial charge in [0, 0.05) is 36.7 Å². The largest absolute Gasteiger partial charge is 0.337 e. The molecule has 0 N–H and O–H groups in total. The number of thioether (sulfide) groups is 1. The Bertz CT molecular complexity index is 478. The zero-order valence-electron chi connectivity index (χ0n) is 10.1. The van der Waals surface area contributed by atoms with Crippen LogP contribution in [0.1, 0.15) is 18.9 Å². The van der Waals surface area contributed by atoms with E-state index in [-0.39, 0.29) is 16.3 Å². The van der Waals surface area contributed by atoms with Crippen molar-refractivity contribution in [3.63, 3.8) is 0 Å². The molecule has 1 aliphatic heterocycles. The summed E-state index contributed by atoms with van der Waals surface area (Å²) in [5.74, 6) is 0.0914. The quantitative estimate of drug-likeness (QED) is 0.856. The van der Waals surface area contributed by atoms with Crippen LogP contribution in [-0.4, -0.2) is 27.7 Å². The lowest BCUT2D eigenvalue weighted by Gasteiger charge is -2.17. The topological polar surface area (TPSA) is 37.4 Å². The average molecular weight is 284 g/mol. The van der Waals surface area contributed by atoms with E-state index in [0.717, 1.165) is 5.56 Å². The van der Waals surface area contributed by atoms with Crippen LogP contribution < -0.4 is 0 Å². The van der Waals surface area contributed by atoms with Crippen molar-refractivity contribution >= 4 is 34.4 Å². The third-order valence-corrected chi connectivity index (χ3v) is 4.18. The first-order valence-electron chi connectivity index (χ1n) is 5.74. The maximum absolute atomic E-state index is 11.8. The first-order chi connectivity index (χ1) is 8.56. The summed E-state index contributed by atoms with van der Waals surface area (Å²) < 4.78 is 0. The molecule has 1 atom stereocenters. The second kappa shape index (κ2) is 5.76. The number of hydrogen-bond acceptors (Lipinski definition) is 3. The molecule has 0 radical (unpaired) electrons. The second-order valence-corrected chi connectivity index (χ2v) is 6.19. The summed E-state index contributed by atoms with van der Waals surface area (Å²) in [4.78, 5) is 24.6. The summed E-state index contributed by atoms with van der Waals surface area (Å²) in [6.45, 7) is 2.67. The van der Waals surface area contributed by atoms with E-state index in [9.17, 15) is 9.59 Å². The van der Waals surface area contributed by atoms with Crippen LogP contribution in [0.25, 0.3) is 0 Å². The molecule has 1 fully saturated rings. The van der Waals surface area contributed by atoms with Crippen LogP contribution >= 0.6 is 23.4 Å². The lowest BCUT2D eigenvalue weighted by Crippen LogP contribution is -2.25. The molecular weight excluding hydrogens is 270 g/mol. The number of benzene rings is 1. The Hall–Kier alpha value is -1.00. The Morgan fingerprint density at radius 2 is 2.22 bits per heavy atom.